The third-order valence-electron chi connectivity index (χ3n) is 4.96. The van der Waals surface area contributed by atoms with Gasteiger partial charge in [-0.2, -0.15) is 0 Å². The van der Waals surface area contributed by atoms with E-state index in [0.29, 0.717) is 6.04 Å². The fraction of sp³-hybridized carbons (Fsp3) is 0.667. The van der Waals surface area contributed by atoms with Crippen LogP contribution in [0.1, 0.15) is 26.2 Å². The summed E-state index contributed by atoms with van der Waals surface area (Å²) in [7, 11) is 0. The van der Waals surface area contributed by atoms with Gasteiger partial charge in [0.05, 0.1) is 6.61 Å². The minimum atomic E-state index is 0.423. The highest BCUT2D eigenvalue weighted by Gasteiger charge is 2.40. The highest BCUT2D eigenvalue weighted by molar-refractivity contribution is 5.31. The van der Waals surface area contributed by atoms with E-state index in [2.05, 4.69) is 11.8 Å². The number of benzene rings is 1. The average molecular weight is 304 g/mol. The van der Waals surface area contributed by atoms with Gasteiger partial charge in [-0.15, -0.1) is 0 Å². The molecule has 0 aromatic heterocycles. The number of likely N-dealkylation sites (tertiary alicyclic amines) is 1. The maximum Gasteiger partial charge on any atom is 0.119 e. The molecule has 2 aliphatic rings. The van der Waals surface area contributed by atoms with Crippen LogP contribution in [0.3, 0.4) is 0 Å². The van der Waals surface area contributed by atoms with E-state index < -0.39 is 0 Å². The lowest BCUT2D eigenvalue weighted by atomic mass is 9.98. The molecule has 4 heteroatoms. The number of hydrogen-bond donors (Lipinski definition) is 1. The Morgan fingerprint density at radius 2 is 1.73 bits per heavy atom. The Balaban J connectivity index is 1.38. The van der Waals surface area contributed by atoms with E-state index >= 15 is 0 Å². The van der Waals surface area contributed by atoms with Crippen LogP contribution in [0.15, 0.2) is 24.3 Å². The largest absolute Gasteiger partial charge is 0.494 e. The van der Waals surface area contributed by atoms with Crippen LogP contribution in [-0.4, -0.2) is 43.8 Å². The first kappa shape index (κ1) is 15.6. The molecule has 3 rings (SSSR count). The lowest BCUT2D eigenvalue weighted by Crippen LogP contribution is -2.32. The summed E-state index contributed by atoms with van der Waals surface area (Å²) in [5, 5.41) is 0. The van der Waals surface area contributed by atoms with Crippen molar-refractivity contribution in [2.45, 2.75) is 32.2 Å². The van der Waals surface area contributed by atoms with E-state index in [0.717, 1.165) is 56.1 Å². The monoisotopic (exact) mass is 304 g/mol. The Morgan fingerprint density at radius 1 is 1.05 bits per heavy atom. The van der Waals surface area contributed by atoms with E-state index in [1.807, 2.05) is 24.3 Å². The molecular formula is C18H28N2O2. The molecule has 2 N–H and O–H groups in total. The first-order valence-electron chi connectivity index (χ1n) is 8.60. The predicted molar refractivity (Wildman–Crippen MR) is 88.4 cm³/mol. The molecule has 3 unspecified atom stereocenters. The fourth-order valence-electron chi connectivity index (χ4n) is 3.73. The molecule has 4 nitrogen and oxygen atoms in total. The van der Waals surface area contributed by atoms with Gasteiger partial charge in [0, 0.05) is 25.7 Å². The number of hydrogen-bond acceptors (Lipinski definition) is 4. The van der Waals surface area contributed by atoms with Gasteiger partial charge in [-0.1, -0.05) is 6.92 Å². The Morgan fingerprint density at radius 3 is 2.36 bits per heavy atom. The summed E-state index contributed by atoms with van der Waals surface area (Å²) in [6.45, 7) is 6.96. The molecule has 22 heavy (non-hydrogen) atoms. The van der Waals surface area contributed by atoms with Gasteiger partial charge in [-0.25, -0.2) is 0 Å². The molecule has 1 aliphatic heterocycles. The maximum atomic E-state index is 6.18. The van der Waals surface area contributed by atoms with Gasteiger partial charge in [-0.05, 0) is 55.4 Å². The van der Waals surface area contributed by atoms with Crippen LogP contribution in [0.5, 0.6) is 11.5 Å². The lowest BCUT2D eigenvalue weighted by Gasteiger charge is -2.18. The molecule has 1 aromatic rings. The van der Waals surface area contributed by atoms with E-state index in [4.69, 9.17) is 15.2 Å². The van der Waals surface area contributed by atoms with Crippen molar-refractivity contribution in [2.75, 3.05) is 32.8 Å². The molecule has 0 bridgehead atoms. The molecule has 0 spiro atoms. The standard InChI is InChI=1S/C18H28N2O2/c1-2-10-21-15-4-6-16(7-5-15)22-11-9-20-12-14-3-8-18(19)17(14)13-20/h4-7,14,17-18H,2-3,8-13,19H2,1H3. The highest BCUT2D eigenvalue weighted by atomic mass is 16.5. The van der Waals surface area contributed by atoms with Gasteiger partial charge in [0.25, 0.3) is 0 Å². The Labute approximate surface area is 133 Å². The summed E-state index contributed by atoms with van der Waals surface area (Å²) in [4.78, 5) is 2.51. The molecule has 1 heterocycles. The summed E-state index contributed by atoms with van der Waals surface area (Å²) in [5.41, 5.74) is 6.18. The van der Waals surface area contributed by atoms with Gasteiger partial charge >= 0.3 is 0 Å². The molecule has 1 aromatic carbocycles. The van der Waals surface area contributed by atoms with Crippen LogP contribution < -0.4 is 15.2 Å². The van der Waals surface area contributed by atoms with Crippen molar-refractivity contribution in [1.29, 1.82) is 0 Å². The summed E-state index contributed by atoms with van der Waals surface area (Å²) in [6, 6.07) is 8.35. The van der Waals surface area contributed by atoms with Crippen LogP contribution >= 0.6 is 0 Å². The number of nitrogens with two attached hydrogens (primary N) is 1. The maximum absolute atomic E-state index is 6.18. The second-order valence-electron chi connectivity index (χ2n) is 6.59. The van der Waals surface area contributed by atoms with E-state index in [1.54, 1.807) is 0 Å². The van der Waals surface area contributed by atoms with Gasteiger partial charge in [0.1, 0.15) is 18.1 Å². The molecule has 2 fully saturated rings. The molecule has 0 amide bonds. The Hall–Kier alpha value is -1.26. The summed E-state index contributed by atoms with van der Waals surface area (Å²) in [6.07, 6.45) is 3.55. The number of rotatable bonds is 7. The van der Waals surface area contributed by atoms with Gasteiger partial charge in [-0.3, -0.25) is 4.90 Å². The van der Waals surface area contributed by atoms with Crippen molar-refractivity contribution < 1.29 is 9.47 Å². The average Bonchev–Trinajstić information content (AvgIpc) is 3.09. The third-order valence-corrected chi connectivity index (χ3v) is 4.96. The van der Waals surface area contributed by atoms with E-state index in [1.165, 1.54) is 19.4 Å². The zero-order chi connectivity index (χ0) is 15.4. The molecule has 3 atom stereocenters. The van der Waals surface area contributed by atoms with Crippen molar-refractivity contribution in [2.24, 2.45) is 17.6 Å². The van der Waals surface area contributed by atoms with Crippen molar-refractivity contribution in [3.8, 4) is 11.5 Å². The van der Waals surface area contributed by atoms with Crippen LogP contribution in [0.2, 0.25) is 0 Å². The number of nitrogens with zero attached hydrogens (tertiary/aromatic N) is 1. The molecule has 1 saturated heterocycles. The Bertz CT molecular complexity index is 463. The smallest absolute Gasteiger partial charge is 0.119 e. The molecular weight excluding hydrogens is 276 g/mol. The third kappa shape index (κ3) is 3.73. The van der Waals surface area contributed by atoms with Gasteiger partial charge < -0.3 is 15.2 Å². The minimum Gasteiger partial charge on any atom is -0.494 e. The zero-order valence-corrected chi connectivity index (χ0v) is 13.5. The van der Waals surface area contributed by atoms with Gasteiger partial charge in [0.15, 0.2) is 0 Å². The minimum absolute atomic E-state index is 0.423. The number of fused-ring (bicyclic) bond motifs is 1. The van der Waals surface area contributed by atoms with Crippen molar-refractivity contribution in [1.82, 2.24) is 4.90 Å². The summed E-state index contributed by atoms with van der Waals surface area (Å²) >= 11 is 0. The summed E-state index contributed by atoms with van der Waals surface area (Å²) in [5.74, 6) is 3.37. The first-order valence-corrected chi connectivity index (χ1v) is 8.60. The van der Waals surface area contributed by atoms with Crippen molar-refractivity contribution in [3.63, 3.8) is 0 Å². The normalized spacial score (nSPS) is 27.8. The summed E-state index contributed by atoms with van der Waals surface area (Å²) < 4.78 is 11.4. The molecule has 122 valence electrons. The first-order chi connectivity index (χ1) is 10.8. The van der Waals surface area contributed by atoms with E-state index in [9.17, 15) is 0 Å². The van der Waals surface area contributed by atoms with Crippen molar-refractivity contribution >= 4 is 0 Å². The van der Waals surface area contributed by atoms with Gasteiger partial charge in [0.2, 0.25) is 0 Å². The second-order valence-corrected chi connectivity index (χ2v) is 6.59. The van der Waals surface area contributed by atoms with Crippen LogP contribution in [0, 0.1) is 11.8 Å². The quantitative estimate of drug-likeness (QED) is 0.841. The zero-order valence-electron chi connectivity index (χ0n) is 13.5. The second kappa shape index (κ2) is 7.34. The van der Waals surface area contributed by atoms with Crippen LogP contribution in [0.4, 0.5) is 0 Å². The number of ether oxygens (including phenoxy) is 2. The lowest BCUT2D eigenvalue weighted by molar-refractivity contribution is 0.225. The molecule has 0 radical (unpaired) electrons. The molecule has 1 aliphatic carbocycles. The topological polar surface area (TPSA) is 47.7 Å². The van der Waals surface area contributed by atoms with E-state index in [-0.39, 0.29) is 0 Å². The fourth-order valence-corrected chi connectivity index (χ4v) is 3.73. The molecule has 1 saturated carbocycles. The Kier molecular flexibility index (Phi) is 5.21. The highest BCUT2D eigenvalue weighted by Crippen LogP contribution is 2.36. The predicted octanol–water partition coefficient (Wildman–Crippen LogP) is 2.52. The van der Waals surface area contributed by atoms with Crippen LogP contribution in [-0.2, 0) is 0 Å². The van der Waals surface area contributed by atoms with Crippen molar-refractivity contribution in [3.05, 3.63) is 24.3 Å². The van der Waals surface area contributed by atoms with Crippen LogP contribution in [0.25, 0.3) is 0 Å². The SMILES string of the molecule is CCCOc1ccc(OCCN2CC3CCC(N)C3C2)cc1.